The van der Waals surface area contributed by atoms with E-state index in [1.807, 2.05) is 36.5 Å². The van der Waals surface area contributed by atoms with Crippen molar-refractivity contribution in [1.82, 2.24) is 4.98 Å². The Morgan fingerprint density at radius 2 is 2.00 bits per heavy atom. The van der Waals surface area contributed by atoms with E-state index in [2.05, 4.69) is 23.2 Å². The third-order valence-electron chi connectivity index (χ3n) is 3.40. The Morgan fingerprint density at radius 3 is 2.85 bits per heavy atom. The highest BCUT2D eigenvalue weighted by atomic mass is 16.5. The first-order valence-corrected chi connectivity index (χ1v) is 6.50. The number of carbonyl (C=O) groups is 1. The molecule has 0 amide bonds. The highest BCUT2D eigenvalue weighted by Crippen LogP contribution is 2.28. The number of aromatic nitrogens is 1. The fourth-order valence-corrected chi connectivity index (χ4v) is 2.40. The third kappa shape index (κ3) is 2.30. The van der Waals surface area contributed by atoms with Crippen molar-refractivity contribution in [2.75, 3.05) is 7.11 Å². The molecule has 0 aliphatic carbocycles. The number of rotatable bonds is 3. The molecule has 0 bridgehead atoms. The van der Waals surface area contributed by atoms with Gasteiger partial charge in [0.1, 0.15) is 0 Å². The molecule has 1 heterocycles. The largest absolute Gasteiger partial charge is 0.469 e. The number of nitrogens with one attached hydrogen (secondary N) is 1. The van der Waals surface area contributed by atoms with Crippen LogP contribution in [0.1, 0.15) is 5.56 Å². The van der Waals surface area contributed by atoms with Gasteiger partial charge in [-0.1, -0.05) is 42.5 Å². The topological polar surface area (TPSA) is 42.1 Å². The quantitative estimate of drug-likeness (QED) is 0.736. The molecule has 0 saturated heterocycles. The summed E-state index contributed by atoms with van der Waals surface area (Å²) < 4.78 is 4.71. The molecule has 3 heteroatoms. The van der Waals surface area contributed by atoms with E-state index in [1.54, 1.807) is 0 Å². The lowest BCUT2D eigenvalue weighted by Gasteiger charge is -2.04. The third-order valence-corrected chi connectivity index (χ3v) is 3.40. The van der Waals surface area contributed by atoms with Gasteiger partial charge in [-0.05, 0) is 17.2 Å². The van der Waals surface area contributed by atoms with Gasteiger partial charge in [0.15, 0.2) is 0 Å². The van der Waals surface area contributed by atoms with E-state index < -0.39 is 0 Å². The van der Waals surface area contributed by atoms with Crippen molar-refractivity contribution in [3.8, 4) is 11.1 Å². The zero-order chi connectivity index (χ0) is 13.9. The van der Waals surface area contributed by atoms with Crippen LogP contribution in [0, 0.1) is 0 Å². The maximum absolute atomic E-state index is 11.4. The number of ether oxygens (including phenoxy) is 1. The molecule has 0 aliphatic heterocycles. The molecule has 0 saturated carbocycles. The van der Waals surface area contributed by atoms with E-state index in [4.69, 9.17) is 4.74 Å². The van der Waals surface area contributed by atoms with E-state index in [-0.39, 0.29) is 5.97 Å². The van der Waals surface area contributed by atoms with Crippen LogP contribution in [0.15, 0.2) is 54.7 Å². The molecule has 0 unspecified atom stereocenters. The second kappa shape index (κ2) is 5.21. The molecule has 0 atom stereocenters. The van der Waals surface area contributed by atoms with Crippen LogP contribution in [-0.2, 0) is 16.0 Å². The zero-order valence-electron chi connectivity index (χ0n) is 11.2. The molecular weight excluding hydrogens is 250 g/mol. The number of hydrogen-bond acceptors (Lipinski definition) is 2. The summed E-state index contributed by atoms with van der Waals surface area (Å²) in [5, 5.41) is 1.18. The van der Waals surface area contributed by atoms with Crippen molar-refractivity contribution >= 4 is 16.9 Å². The van der Waals surface area contributed by atoms with Crippen LogP contribution in [0.3, 0.4) is 0 Å². The number of fused-ring (bicyclic) bond motifs is 1. The Bertz CT molecular complexity index is 758. The van der Waals surface area contributed by atoms with Gasteiger partial charge < -0.3 is 9.72 Å². The summed E-state index contributed by atoms with van der Waals surface area (Å²) in [5.41, 5.74) is 4.32. The van der Waals surface area contributed by atoms with E-state index in [9.17, 15) is 4.79 Å². The van der Waals surface area contributed by atoms with E-state index in [0.717, 1.165) is 22.2 Å². The Kier molecular flexibility index (Phi) is 3.25. The van der Waals surface area contributed by atoms with E-state index in [1.165, 1.54) is 12.5 Å². The van der Waals surface area contributed by atoms with Crippen molar-refractivity contribution in [2.45, 2.75) is 6.42 Å². The minimum Gasteiger partial charge on any atom is -0.469 e. The molecule has 100 valence electrons. The SMILES string of the molecule is COC(=O)Cc1cccc(-c2c[nH]c3ccccc23)c1. The molecular formula is C17H15NO2. The summed E-state index contributed by atoms with van der Waals surface area (Å²) in [7, 11) is 1.41. The summed E-state index contributed by atoms with van der Waals surface area (Å²) >= 11 is 0. The van der Waals surface area contributed by atoms with Gasteiger partial charge in [-0.2, -0.15) is 0 Å². The van der Waals surface area contributed by atoms with Crippen molar-refractivity contribution in [3.05, 3.63) is 60.3 Å². The van der Waals surface area contributed by atoms with Gasteiger partial charge in [0.25, 0.3) is 0 Å². The second-order valence-corrected chi connectivity index (χ2v) is 4.70. The molecule has 0 aliphatic rings. The lowest BCUT2D eigenvalue weighted by atomic mass is 10.0. The number of carbonyl (C=O) groups excluding carboxylic acids is 1. The first-order chi connectivity index (χ1) is 9.78. The normalized spacial score (nSPS) is 10.7. The van der Waals surface area contributed by atoms with E-state index in [0.29, 0.717) is 6.42 Å². The van der Waals surface area contributed by atoms with Gasteiger partial charge in [-0.25, -0.2) is 0 Å². The fraction of sp³-hybridized carbons (Fsp3) is 0.118. The van der Waals surface area contributed by atoms with Gasteiger partial charge in [0.2, 0.25) is 0 Å². The number of methoxy groups -OCH3 is 1. The predicted molar refractivity (Wildman–Crippen MR) is 79.5 cm³/mol. The number of benzene rings is 2. The van der Waals surface area contributed by atoms with E-state index >= 15 is 0 Å². The van der Waals surface area contributed by atoms with Crippen molar-refractivity contribution in [2.24, 2.45) is 0 Å². The maximum atomic E-state index is 11.4. The van der Waals surface area contributed by atoms with Gasteiger partial charge >= 0.3 is 5.97 Å². The summed E-state index contributed by atoms with van der Waals surface area (Å²) in [6, 6.07) is 16.2. The number of para-hydroxylation sites is 1. The lowest BCUT2D eigenvalue weighted by molar-refractivity contribution is -0.139. The minimum absolute atomic E-state index is 0.221. The first-order valence-electron chi connectivity index (χ1n) is 6.50. The van der Waals surface area contributed by atoms with Crippen LogP contribution in [0.4, 0.5) is 0 Å². The minimum atomic E-state index is -0.221. The van der Waals surface area contributed by atoms with Crippen LogP contribution in [-0.4, -0.2) is 18.1 Å². The molecule has 2 aromatic carbocycles. The van der Waals surface area contributed by atoms with Gasteiger partial charge in [-0.15, -0.1) is 0 Å². The molecule has 0 fully saturated rings. The van der Waals surface area contributed by atoms with Crippen molar-refractivity contribution in [3.63, 3.8) is 0 Å². The van der Waals surface area contributed by atoms with Gasteiger partial charge in [0.05, 0.1) is 13.5 Å². The Balaban J connectivity index is 2.02. The first kappa shape index (κ1) is 12.5. The average Bonchev–Trinajstić information content (AvgIpc) is 2.91. The molecule has 1 aromatic heterocycles. The Labute approximate surface area is 117 Å². The smallest absolute Gasteiger partial charge is 0.309 e. The van der Waals surface area contributed by atoms with Crippen LogP contribution >= 0.6 is 0 Å². The van der Waals surface area contributed by atoms with Crippen molar-refractivity contribution < 1.29 is 9.53 Å². The fourth-order valence-electron chi connectivity index (χ4n) is 2.40. The van der Waals surface area contributed by atoms with Crippen LogP contribution in [0.2, 0.25) is 0 Å². The number of esters is 1. The lowest BCUT2D eigenvalue weighted by Crippen LogP contribution is -2.04. The van der Waals surface area contributed by atoms with Crippen LogP contribution in [0.5, 0.6) is 0 Å². The molecule has 3 aromatic rings. The molecule has 3 rings (SSSR count). The number of aromatic amines is 1. The molecule has 3 nitrogen and oxygen atoms in total. The second-order valence-electron chi connectivity index (χ2n) is 4.70. The standard InChI is InChI=1S/C17H15NO2/c1-20-17(19)10-12-5-4-6-13(9-12)15-11-18-16-8-3-2-7-14(15)16/h2-9,11,18H,10H2,1H3. The summed E-state index contributed by atoms with van der Waals surface area (Å²) in [6.45, 7) is 0. The number of H-pyrrole nitrogens is 1. The predicted octanol–water partition coefficient (Wildman–Crippen LogP) is 3.55. The van der Waals surface area contributed by atoms with Crippen molar-refractivity contribution in [1.29, 1.82) is 0 Å². The van der Waals surface area contributed by atoms with Crippen LogP contribution < -0.4 is 0 Å². The summed E-state index contributed by atoms with van der Waals surface area (Å²) in [6.07, 6.45) is 2.30. The zero-order valence-corrected chi connectivity index (χ0v) is 11.2. The molecule has 0 spiro atoms. The Hall–Kier alpha value is -2.55. The summed E-state index contributed by atoms with van der Waals surface area (Å²) in [4.78, 5) is 14.6. The van der Waals surface area contributed by atoms with Crippen LogP contribution in [0.25, 0.3) is 22.0 Å². The highest BCUT2D eigenvalue weighted by Gasteiger charge is 2.08. The Morgan fingerprint density at radius 1 is 1.15 bits per heavy atom. The van der Waals surface area contributed by atoms with Gasteiger partial charge in [0, 0.05) is 22.7 Å². The summed E-state index contributed by atoms with van der Waals surface area (Å²) in [5.74, 6) is -0.221. The van der Waals surface area contributed by atoms with Gasteiger partial charge in [-0.3, -0.25) is 4.79 Å². The molecule has 1 N–H and O–H groups in total. The molecule has 20 heavy (non-hydrogen) atoms. The maximum Gasteiger partial charge on any atom is 0.309 e. The monoisotopic (exact) mass is 265 g/mol. The average molecular weight is 265 g/mol. The molecule has 0 radical (unpaired) electrons. The number of hydrogen-bond donors (Lipinski definition) is 1. The highest BCUT2D eigenvalue weighted by molar-refractivity contribution is 5.95.